The molecule has 2 rings (SSSR count). The first-order valence-corrected chi connectivity index (χ1v) is 9.00. The van der Waals surface area contributed by atoms with Crippen molar-refractivity contribution in [2.45, 2.75) is 25.2 Å². The van der Waals surface area contributed by atoms with Crippen LogP contribution < -0.4 is 10.2 Å². The van der Waals surface area contributed by atoms with E-state index in [2.05, 4.69) is 11.4 Å². The average molecular weight is 383 g/mol. The molecule has 28 heavy (non-hydrogen) atoms. The molecule has 0 aliphatic rings. The van der Waals surface area contributed by atoms with Crippen molar-refractivity contribution in [1.29, 1.82) is 5.26 Å². The third-order valence-corrected chi connectivity index (χ3v) is 4.27. The Morgan fingerprint density at radius 2 is 1.86 bits per heavy atom. The van der Waals surface area contributed by atoms with Crippen LogP contribution in [0.2, 0.25) is 0 Å². The number of aliphatic hydroxyl groups excluding tert-OH is 2. The highest BCUT2D eigenvalue weighted by molar-refractivity contribution is 5.67. The summed E-state index contributed by atoms with van der Waals surface area (Å²) in [6, 6.07) is 18.4. The molecule has 0 fully saturated rings. The molecule has 2 aromatic rings. The maximum absolute atomic E-state index is 11.7. The Bertz CT molecular complexity index is 774. The van der Waals surface area contributed by atoms with Crippen molar-refractivity contribution in [2.75, 3.05) is 25.0 Å². The summed E-state index contributed by atoms with van der Waals surface area (Å²) >= 11 is 0. The number of hydrogen-bond donors (Lipinski definition) is 3. The molecule has 0 saturated heterocycles. The van der Waals surface area contributed by atoms with Gasteiger partial charge in [-0.3, -0.25) is 0 Å². The van der Waals surface area contributed by atoms with Gasteiger partial charge in [-0.05, 0) is 23.3 Å². The summed E-state index contributed by atoms with van der Waals surface area (Å²) in [5, 5.41) is 31.5. The number of hydrogen-bond acceptors (Lipinski definition) is 6. The van der Waals surface area contributed by atoms with Gasteiger partial charge < -0.3 is 25.2 Å². The lowest BCUT2D eigenvalue weighted by molar-refractivity contribution is 0.0184. The zero-order valence-electron chi connectivity index (χ0n) is 15.8. The summed E-state index contributed by atoms with van der Waals surface area (Å²) in [6.07, 6.45) is -2.56. The molecule has 2 unspecified atom stereocenters. The summed E-state index contributed by atoms with van der Waals surface area (Å²) in [5.41, 5.74) is 2.30. The Kier molecular flexibility index (Phi) is 8.28. The topological polar surface area (TPSA) is 106 Å². The number of anilines is 1. The minimum Gasteiger partial charge on any atom is -0.445 e. The fourth-order valence-corrected chi connectivity index (χ4v) is 2.57. The minimum absolute atomic E-state index is 0.131. The average Bonchev–Trinajstić information content (AvgIpc) is 2.74. The van der Waals surface area contributed by atoms with Crippen molar-refractivity contribution in [3.8, 4) is 6.07 Å². The highest BCUT2D eigenvalue weighted by Crippen LogP contribution is 2.21. The Morgan fingerprint density at radius 3 is 2.50 bits per heavy atom. The maximum atomic E-state index is 11.7. The predicted molar refractivity (Wildman–Crippen MR) is 106 cm³/mol. The number of ether oxygens (including phenoxy) is 1. The number of nitrogens with zero attached hydrogens (tertiary/aromatic N) is 2. The first-order valence-electron chi connectivity index (χ1n) is 9.00. The molecule has 0 radical (unpaired) electrons. The SMILES string of the molecule is CN(CCC#N)c1ccc(C(O)C(O)CNC(=O)OCc2ccccc2)cc1. The molecule has 2 aromatic carbocycles. The van der Waals surface area contributed by atoms with Crippen LogP contribution in [-0.2, 0) is 11.3 Å². The monoisotopic (exact) mass is 383 g/mol. The van der Waals surface area contributed by atoms with E-state index in [1.807, 2.05) is 54.4 Å². The number of nitrogens with one attached hydrogen (secondary N) is 1. The largest absolute Gasteiger partial charge is 0.445 e. The third-order valence-electron chi connectivity index (χ3n) is 4.27. The number of carbonyl (C=O) groups is 1. The first-order chi connectivity index (χ1) is 13.5. The van der Waals surface area contributed by atoms with E-state index in [1.165, 1.54) is 0 Å². The van der Waals surface area contributed by atoms with Gasteiger partial charge in [0.25, 0.3) is 0 Å². The van der Waals surface area contributed by atoms with Crippen LogP contribution in [0.1, 0.15) is 23.7 Å². The van der Waals surface area contributed by atoms with Crippen LogP contribution in [0.4, 0.5) is 10.5 Å². The molecule has 7 heteroatoms. The molecule has 0 aliphatic carbocycles. The summed E-state index contributed by atoms with van der Waals surface area (Å²) in [5.74, 6) is 0. The van der Waals surface area contributed by atoms with Crippen LogP contribution in [-0.4, -0.2) is 42.5 Å². The number of benzene rings is 2. The normalized spacial score (nSPS) is 12.5. The van der Waals surface area contributed by atoms with Crippen LogP contribution in [0.3, 0.4) is 0 Å². The van der Waals surface area contributed by atoms with E-state index in [4.69, 9.17) is 10.00 Å². The fourth-order valence-electron chi connectivity index (χ4n) is 2.57. The van der Waals surface area contributed by atoms with Crippen LogP contribution in [0, 0.1) is 11.3 Å². The van der Waals surface area contributed by atoms with Crippen LogP contribution in [0.5, 0.6) is 0 Å². The molecule has 2 atom stereocenters. The van der Waals surface area contributed by atoms with Crippen LogP contribution in [0.15, 0.2) is 54.6 Å². The minimum atomic E-state index is -1.17. The van der Waals surface area contributed by atoms with Crippen LogP contribution in [0.25, 0.3) is 0 Å². The predicted octanol–water partition coefficient (Wildman–Crippen LogP) is 2.36. The van der Waals surface area contributed by atoms with Crippen molar-refractivity contribution in [3.05, 3.63) is 65.7 Å². The highest BCUT2D eigenvalue weighted by Gasteiger charge is 2.19. The number of amides is 1. The second-order valence-corrected chi connectivity index (χ2v) is 6.38. The van der Waals surface area contributed by atoms with Gasteiger partial charge in [0, 0.05) is 25.8 Å². The molecule has 1 amide bonds. The van der Waals surface area contributed by atoms with E-state index in [9.17, 15) is 15.0 Å². The molecular formula is C21H25N3O4. The number of nitriles is 1. The van der Waals surface area contributed by atoms with E-state index in [0.717, 1.165) is 11.3 Å². The summed E-state index contributed by atoms with van der Waals surface area (Å²) in [6.45, 7) is 0.598. The number of carbonyl (C=O) groups excluding carboxylic acids is 1. The van der Waals surface area contributed by atoms with E-state index < -0.39 is 18.3 Å². The molecule has 148 valence electrons. The van der Waals surface area contributed by atoms with Gasteiger partial charge in [0.2, 0.25) is 0 Å². The fraction of sp³-hybridized carbons (Fsp3) is 0.333. The number of rotatable bonds is 9. The lowest BCUT2D eigenvalue weighted by atomic mass is 10.0. The van der Waals surface area contributed by atoms with Gasteiger partial charge in [-0.25, -0.2) is 4.79 Å². The molecule has 3 N–H and O–H groups in total. The molecule has 0 saturated carbocycles. The number of aliphatic hydroxyl groups is 2. The Balaban J connectivity index is 1.79. The lowest BCUT2D eigenvalue weighted by Gasteiger charge is -2.21. The second-order valence-electron chi connectivity index (χ2n) is 6.38. The van der Waals surface area contributed by atoms with Crippen molar-refractivity contribution in [2.24, 2.45) is 0 Å². The smallest absolute Gasteiger partial charge is 0.407 e. The van der Waals surface area contributed by atoms with Crippen molar-refractivity contribution >= 4 is 11.8 Å². The zero-order chi connectivity index (χ0) is 20.4. The molecule has 0 aliphatic heterocycles. The Morgan fingerprint density at radius 1 is 1.18 bits per heavy atom. The van der Waals surface area contributed by atoms with Gasteiger partial charge in [0.05, 0.1) is 12.5 Å². The van der Waals surface area contributed by atoms with Gasteiger partial charge in [-0.1, -0.05) is 42.5 Å². The van der Waals surface area contributed by atoms with E-state index in [1.54, 1.807) is 12.1 Å². The summed E-state index contributed by atoms with van der Waals surface area (Å²) in [4.78, 5) is 13.7. The summed E-state index contributed by atoms with van der Waals surface area (Å²) in [7, 11) is 1.88. The molecule has 0 aromatic heterocycles. The third kappa shape index (κ3) is 6.58. The van der Waals surface area contributed by atoms with Gasteiger partial charge in [-0.15, -0.1) is 0 Å². The van der Waals surface area contributed by atoms with E-state index in [0.29, 0.717) is 18.5 Å². The Labute approximate surface area is 164 Å². The Hall–Kier alpha value is -3.08. The van der Waals surface area contributed by atoms with Crippen LogP contribution >= 0.6 is 0 Å². The van der Waals surface area contributed by atoms with Gasteiger partial charge >= 0.3 is 6.09 Å². The van der Waals surface area contributed by atoms with E-state index in [-0.39, 0.29) is 13.2 Å². The second kappa shape index (κ2) is 10.9. The molecule has 0 heterocycles. The number of alkyl carbamates (subject to hydrolysis) is 1. The van der Waals surface area contributed by atoms with Gasteiger partial charge in [0.1, 0.15) is 18.8 Å². The summed E-state index contributed by atoms with van der Waals surface area (Å²) < 4.78 is 5.07. The first kappa shape index (κ1) is 21.2. The highest BCUT2D eigenvalue weighted by atomic mass is 16.5. The van der Waals surface area contributed by atoms with Crippen molar-refractivity contribution < 1.29 is 19.7 Å². The van der Waals surface area contributed by atoms with Crippen molar-refractivity contribution in [1.82, 2.24) is 5.32 Å². The zero-order valence-corrected chi connectivity index (χ0v) is 15.8. The molecule has 0 spiro atoms. The standard InChI is InChI=1S/C21H25N3O4/c1-24(13-5-12-22)18-10-8-17(9-11-18)20(26)19(25)14-23-21(27)28-15-16-6-3-2-4-7-16/h2-4,6-11,19-20,25-26H,5,13-15H2,1H3,(H,23,27). The van der Waals surface area contributed by atoms with Gasteiger partial charge in [-0.2, -0.15) is 5.26 Å². The van der Waals surface area contributed by atoms with Crippen molar-refractivity contribution in [3.63, 3.8) is 0 Å². The molecular weight excluding hydrogens is 358 g/mol. The van der Waals surface area contributed by atoms with Gasteiger partial charge in [0.15, 0.2) is 0 Å². The molecule has 0 bridgehead atoms. The lowest BCUT2D eigenvalue weighted by Crippen LogP contribution is -2.35. The quantitative estimate of drug-likeness (QED) is 0.614. The van der Waals surface area contributed by atoms with E-state index >= 15 is 0 Å². The maximum Gasteiger partial charge on any atom is 0.407 e. The molecule has 7 nitrogen and oxygen atoms in total.